The maximum atomic E-state index is 13.2. The Labute approximate surface area is 182 Å². The van der Waals surface area contributed by atoms with Crippen LogP contribution in [0.3, 0.4) is 0 Å². The summed E-state index contributed by atoms with van der Waals surface area (Å²) in [5.74, 6) is 0.00181. The van der Waals surface area contributed by atoms with Crippen LogP contribution in [0.1, 0.15) is 5.56 Å². The zero-order chi connectivity index (χ0) is 20.9. The van der Waals surface area contributed by atoms with Gasteiger partial charge in [-0.1, -0.05) is 71.9 Å². The van der Waals surface area contributed by atoms with Crippen LogP contribution in [0.15, 0.2) is 88.8 Å². The summed E-state index contributed by atoms with van der Waals surface area (Å²) in [6, 6.07) is 24.0. The lowest BCUT2D eigenvalue weighted by atomic mass is 10.2. The third kappa shape index (κ3) is 4.56. The van der Waals surface area contributed by atoms with Crippen molar-refractivity contribution in [3.8, 4) is 5.69 Å². The number of aromatic nitrogens is 2. The van der Waals surface area contributed by atoms with E-state index in [9.17, 15) is 9.59 Å². The molecule has 1 heterocycles. The first kappa shape index (κ1) is 20.2. The number of amides is 1. The van der Waals surface area contributed by atoms with Crippen LogP contribution < -0.4 is 10.9 Å². The first-order valence-electron chi connectivity index (χ1n) is 9.33. The van der Waals surface area contributed by atoms with E-state index in [1.807, 2.05) is 60.7 Å². The van der Waals surface area contributed by atoms with Gasteiger partial charge in [0.15, 0.2) is 5.16 Å². The predicted molar refractivity (Wildman–Crippen MR) is 121 cm³/mol. The monoisotopic (exact) mass is 435 g/mol. The van der Waals surface area contributed by atoms with Gasteiger partial charge in [0.1, 0.15) is 0 Å². The number of halogens is 1. The molecule has 0 aliphatic rings. The Bertz CT molecular complexity index is 1240. The largest absolute Gasteiger partial charge is 0.351 e. The van der Waals surface area contributed by atoms with E-state index >= 15 is 0 Å². The molecule has 1 N–H and O–H groups in total. The Kier molecular flexibility index (Phi) is 6.16. The molecule has 4 aromatic rings. The minimum atomic E-state index is -0.199. The summed E-state index contributed by atoms with van der Waals surface area (Å²) >= 11 is 7.30. The second kappa shape index (κ2) is 9.15. The van der Waals surface area contributed by atoms with E-state index in [4.69, 9.17) is 11.6 Å². The zero-order valence-corrected chi connectivity index (χ0v) is 17.5. The van der Waals surface area contributed by atoms with Crippen LogP contribution in [-0.4, -0.2) is 21.2 Å². The maximum Gasteiger partial charge on any atom is 0.266 e. The highest BCUT2D eigenvalue weighted by atomic mass is 35.5. The Morgan fingerprint density at radius 3 is 2.43 bits per heavy atom. The minimum absolute atomic E-state index is 0.135. The van der Waals surface area contributed by atoms with Gasteiger partial charge in [0.25, 0.3) is 5.56 Å². The molecule has 1 aromatic heterocycles. The molecule has 1 amide bonds. The van der Waals surface area contributed by atoms with Crippen molar-refractivity contribution < 1.29 is 4.79 Å². The van der Waals surface area contributed by atoms with Gasteiger partial charge in [0.2, 0.25) is 5.91 Å². The van der Waals surface area contributed by atoms with Crippen LogP contribution in [0.5, 0.6) is 0 Å². The van der Waals surface area contributed by atoms with Gasteiger partial charge < -0.3 is 5.32 Å². The van der Waals surface area contributed by atoms with Crippen molar-refractivity contribution >= 4 is 40.2 Å². The molecular formula is C23H18ClN3O2S. The van der Waals surface area contributed by atoms with Crippen molar-refractivity contribution in [1.82, 2.24) is 14.9 Å². The van der Waals surface area contributed by atoms with Crippen LogP contribution in [0, 0.1) is 0 Å². The molecule has 30 heavy (non-hydrogen) atoms. The molecule has 0 aliphatic carbocycles. The van der Waals surface area contributed by atoms with Crippen LogP contribution in [-0.2, 0) is 11.3 Å². The Balaban J connectivity index is 1.62. The predicted octanol–water partition coefficient (Wildman–Crippen LogP) is 4.45. The van der Waals surface area contributed by atoms with E-state index in [0.29, 0.717) is 33.3 Å². The third-order valence-corrected chi connectivity index (χ3v) is 5.65. The van der Waals surface area contributed by atoms with Crippen LogP contribution >= 0.6 is 23.4 Å². The fourth-order valence-corrected chi connectivity index (χ4v) is 4.03. The van der Waals surface area contributed by atoms with Crippen molar-refractivity contribution in [2.45, 2.75) is 11.7 Å². The van der Waals surface area contributed by atoms with Crippen molar-refractivity contribution in [3.05, 3.63) is 99.8 Å². The first-order chi connectivity index (χ1) is 14.6. The number of hydrogen-bond acceptors (Lipinski definition) is 4. The highest BCUT2D eigenvalue weighted by Gasteiger charge is 2.15. The molecule has 0 fully saturated rings. The summed E-state index contributed by atoms with van der Waals surface area (Å²) < 4.78 is 1.53. The van der Waals surface area contributed by atoms with E-state index in [0.717, 1.165) is 5.56 Å². The third-order valence-electron chi connectivity index (χ3n) is 4.48. The quantitative estimate of drug-likeness (QED) is 0.359. The molecule has 0 aliphatic heterocycles. The standard InChI is InChI=1S/C23H18ClN3O2S/c24-17-11-12-19-20(13-17)26-23(27(22(19)29)18-9-5-2-6-10-18)30-15-21(28)25-14-16-7-3-1-4-8-16/h1-13H,14-15H2,(H,25,28). The van der Waals surface area contributed by atoms with Crippen LogP contribution in [0.2, 0.25) is 5.02 Å². The van der Waals surface area contributed by atoms with Crippen LogP contribution in [0.25, 0.3) is 16.6 Å². The molecule has 0 unspecified atom stereocenters. The number of thioether (sulfide) groups is 1. The second-order valence-corrected chi connectivity index (χ2v) is 7.96. The molecule has 0 atom stereocenters. The first-order valence-corrected chi connectivity index (χ1v) is 10.7. The summed E-state index contributed by atoms with van der Waals surface area (Å²) in [5.41, 5.74) is 2.02. The number of nitrogens with one attached hydrogen (secondary N) is 1. The molecular weight excluding hydrogens is 418 g/mol. The SMILES string of the molecule is O=C(CSc1nc2cc(Cl)ccc2c(=O)n1-c1ccccc1)NCc1ccccc1. The highest BCUT2D eigenvalue weighted by molar-refractivity contribution is 7.99. The van der Waals surface area contributed by atoms with E-state index in [-0.39, 0.29) is 17.2 Å². The number of hydrogen-bond donors (Lipinski definition) is 1. The van der Waals surface area contributed by atoms with Gasteiger partial charge in [-0.05, 0) is 35.9 Å². The Morgan fingerprint density at radius 2 is 1.70 bits per heavy atom. The number of para-hydroxylation sites is 1. The highest BCUT2D eigenvalue weighted by Crippen LogP contribution is 2.23. The van der Waals surface area contributed by atoms with Crippen molar-refractivity contribution in [1.29, 1.82) is 0 Å². The number of carbonyl (C=O) groups is 1. The van der Waals surface area contributed by atoms with Crippen molar-refractivity contribution in [3.63, 3.8) is 0 Å². The van der Waals surface area contributed by atoms with E-state index < -0.39 is 0 Å². The summed E-state index contributed by atoms with van der Waals surface area (Å²) in [7, 11) is 0. The van der Waals surface area contributed by atoms with E-state index in [1.54, 1.807) is 18.2 Å². The van der Waals surface area contributed by atoms with Crippen molar-refractivity contribution in [2.75, 3.05) is 5.75 Å². The lowest BCUT2D eigenvalue weighted by Crippen LogP contribution is -2.26. The summed E-state index contributed by atoms with van der Waals surface area (Å²) in [6.07, 6.45) is 0. The molecule has 0 bridgehead atoms. The molecule has 7 heteroatoms. The number of nitrogens with zero attached hydrogens (tertiary/aromatic N) is 2. The van der Waals surface area contributed by atoms with Gasteiger partial charge in [-0.3, -0.25) is 14.2 Å². The molecule has 3 aromatic carbocycles. The Morgan fingerprint density at radius 1 is 1.00 bits per heavy atom. The zero-order valence-electron chi connectivity index (χ0n) is 15.9. The average Bonchev–Trinajstić information content (AvgIpc) is 2.77. The summed E-state index contributed by atoms with van der Waals surface area (Å²) in [5, 5.41) is 4.31. The average molecular weight is 436 g/mol. The van der Waals surface area contributed by atoms with E-state index in [1.165, 1.54) is 16.3 Å². The van der Waals surface area contributed by atoms with Gasteiger partial charge in [0.05, 0.1) is 22.3 Å². The molecule has 0 saturated heterocycles. The molecule has 0 spiro atoms. The number of rotatable bonds is 6. The van der Waals surface area contributed by atoms with Gasteiger partial charge in [-0.15, -0.1) is 0 Å². The van der Waals surface area contributed by atoms with Crippen LogP contribution in [0.4, 0.5) is 0 Å². The normalized spacial score (nSPS) is 10.8. The lowest BCUT2D eigenvalue weighted by Gasteiger charge is -2.13. The molecule has 0 saturated carbocycles. The smallest absolute Gasteiger partial charge is 0.266 e. The van der Waals surface area contributed by atoms with Gasteiger partial charge in [-0.2, -0.15) is 0 Å². The topological polar surface area (TPSA) is 64.0 Å². The van der Waals surface area contributed by atoms with Gasteiger partial charge in [-0.25, -0.2) is 4.98 Å². The van der Waals surface area contributed by atoms with Gasteiger partial charge >= 0.3 is 0 Å². The number of benzene rings is 3. The van der Waals surface area contributed by atoms with Gasteiger partial charge in [0, 0.05) is 11.6 Å². The molecule has 5 nitrogen and oxygen atoms in total. The fourth-order valence-electron chi connectivity index (χ4n) is 3.02. The molecule has 0 radical (unpaired) electrons. The summed E-state index contributed by atoms with van der Waals surface area (Å²) in [4.78, 5) is 30.2. The fraction of sp³-hybridized carbons (Fsp3) is 0.0870. The molecule has 150 valence electrons. The lowest BCUT2D eigenvalue weighted by molar-refractivity contribution is -0.118. The molecule has 4 rings (SSSR count). The van der Waals surface area contributed by atoms with Crippen molar-refractivity contribution in [2.24, 2.45) is 0 Å². The van der Waals surface area contributed by atoms with E-state index in [2.05, 4.69) is 10.3 Å². The minimum Gasteiger partial charge on any atom is -0.351 e. The second-order valence-electron chi connectivity index (χ2n) is 6.58. The Hall–Kier alpha value is -3.09. The number of fused-ring (bicyclic) bond motifs is 1. The number of carbonyl (C=O) groups excluding carboxylic acids is 1. The maximum absolute atomic E-state index is 13.2. The summed E-state index contributed by atoms with van der Waals surface area (Å²) in [6.45, 7) is 0.451.